The van der Waals surface area contributed by atoms with Crippen molar-refractivity contribution in [2.45, 2.75) is 25.7 Å². The summed E-state index contributed by atoms with van der Waals surface area (Å²) in [6.45, 7) is 3.05. The van der Waals surface area contributed by atoms with E-state index in [1.54, 1.807) is 7.11 Å². The number of methoxy groups -OCH3 is 1. The quantitative estimate of drug-likeness (QED) is 0.684. The van der Waals surface area contributed by atoms with Gasteiger partial charge in [-0.2, -0.15) is 12.6 Å². The molecule has 2 nitrogen and oxygen atoms in total. The minimum atomic E-state index is 0.492. The highest BCUT2D eigenvalue weighted by atomic mass is 32.1. The first kappa shape index (κ1) is 12.3. The van der Waals surface area contributed by atoms with E-state index in [1.165, 1.54) is 32.2 Å². The smallest absolute Gasteiger partial charge is 0.0589 e. The van der Waals surface area contributed by atoms with Gasteiger partial charge in [-0.1, -0.05) is 12.8 Å². The SMILES string of the molecule is COCCN(C)CC1(CS)CCCC1. The van der Waals surface area contributed by atoms with Gasteiger partial charge in [-0.3, -0.25) is 0 Å². The van der Waals surface area contributed by atoms with Gasteiger partial charge in [0.2, 0.25) is 0 Å². The third-order valence-electron chi connectivity index (χ3n) is 3.28. The summed E-state index contributed by atoms with van der Waals surface area (Å²) in [5.41, 5.74) is 0.492. The zero-order valence-electron chi connectivity index (χ0n) is 9.46. The number of thiol groups is 1. The van der Waals surface area contributed by atoms with Gasteiger partial charge >= 0.3 is 0 Å². The van der Waals surface area contributed by atoms with Crippen molar-refractivity contribution < 1.29 is 4.74 Å². The maximum Gasteiger partial charge on any atom is 0.0589 e. The van der Waals surface area contributed by atoms with Crippen LogP contribution in [0.25, 0.3) is 0 Å². The van der Waals surface area contributed by atoms with Crippen LogP contribution in [-0.4, -0.2) is 44.5 Å². The molecule has 0 heterocycles. The van der Waals surface area contributed by atoms with E-state index in [4.69, 9.17) is 4.74 Å². The number of ether oxygens (including phenoxy) is 1. The molecule has 0 N–H and O–H groups in total. The van der Waals surface area contributed by atoms with Crippen LogP contribution in [0.1, 0.15) is 25.7 Å². The number of hydrogen-bond donors (Lipinski definition) is 1. The molecule has 0 bridgehead atoms. The van der Waals surface area contributed by atoms with Gasteiger partial charge in [0, 0.05) is 20.2 Å². The Kier molecular flexibility index (Phi) is 5.28. The van der Waals surface area contributed by atoms with Crippen LogP contribution in [0.15, 0.2) is 0 Å². The Labute approximate surface area is 93.4 Å². The zero-order chi connectivity index (χ0) is 10.4. The number of rotatable bonds is 6. The van der Waals surface area contributed by atoms with Crippen molar-refractivity contribution >= 4 is 12.6 Å². The lowest BCUT2D eigenvalue weighted by molar-refractivity contribution is 0.133. The Morgan fingerprint density at radius 3 is 2.50 bits per heavy atom. The first-order chi connectivity index (χ1) is 6.72. The fourth-order valence-electron chi connectivity index (χ4n) is 2.39. The van der Waals surface area contributed by atoms with Crippen LogP contribution in [0, 0.1) is 5.41 Å². The molecule has 0 radical (unpaired) electrons. The molecule has 0 unspecified atom stereocenters. The van der Waals surface area contributed by atoms with Gasteiger partial charge in [-0.05, 0) is 31.1 Å². The van der Waals surface area contributed by atoms with Crippen LogP contribution in [0.3, 0.4) is 0 Å². The largest absolute Gasteiger partial charge is 0.383 e. The van der Waals surface area contributed by atoms with Gasteiger partial charge in [-0.25, -0.2) is 0 Å². The van der Waals surface area contributed by atoms with E-state index in [9.17, 15) is 0 Å². The van der Waals surface area contributed by atoms with Gasteiger partial charge in [0.05, 0.1) is 6.61 Å². The number of likely N-dealkylation sites (N-methyl/N-ethyl adjacent to an activating group) is 1. The highest BCUT2D eigenvalue weighted by Crippen LogP contribution is 2.39. The molecule has 0 atom stereocenters. The molecule has 1 aliphatic rings. The van der Waals surface area contributed by atoms with Crippen LogP contribution in [0.4, 0.5) is 0 Å². The van der Waals surface area contributed by atoms with E-state index in [0.717, 1.165) is 18.9 Å². The van der Waals surface area contributed by atoms with Crippen molar-refractivity contribution in [3.63, 3.8) is 0 Å². The average molecular weight is 217 g/mol. The van der Waals surface area contributed by atoms with Gasteiger partial charge < -0.3 is 9.64 Å². The molecule has 0 aromatic carbocycles. The molecule has 14 heavy (non-hydrogen) atoms. The lowest BCUT2D eigenvalue weighted by Crippen LogP contribution is -2.36. The fourth-order valence-corrected chi connectivity index (χ4v) is 2.81. The Balaban J connectivity index is 2.32. The summed E-state index contributed by atoms with van der Waals surface area (Å²) in [6.07, 6.45) is 5.49. The summed E-state index contributed by atoms with van der Waals surface area (Å²) in [5.74, 6) is 1.03. The number of hydrogen-bond acceptors (Lipinski definition) is 3. The lowest BCUT2D eigenvalue weighted by atomic mass is 9.88. The maximum atomic E-state index is 5.08. The van der Waals surface area contributed by atoms with E-state index >= 15 is 0 Å². The maximum absolute atomic E-state index is 5.08. The molecule has 1 saturated carbocycles. The number of nitrogens with zero attached hydrogens (tertiary/aromatic N) is 1. The van der Waals surface area contributed by atoms with Crippen LogP contribution < -0.4 is 0 Å². The van der Waals surface area contributed by atoms with Gasteiger partial charge in [0.25, 0.3) is 0 Å². The Bertz CT molecular complexity index is 157. The average Bonchev–Trinajstić information content (AvgIpc) is 2.64. The van der Waals surface area contributed by atoms with Gasteiger partial charge in [0.15, 0.2) is 0 Å². The molecule has 1 fully saturated rings. The topological polar surface area (TPSA) is 12.5 Å². The van der Waals surface area contributed by atoms with E-state index in [0.29, 0.717) is 5.41 Å². The van der Waals surface area contributed by atoms with Crippen LogP contribution in [0.2, 0.25) is 0 Å². The van der Waals surface area contributed by atoms with E-state index in [1.807, 2.05) is 0 Å². The van der Waals surface area contributed by atoms with E-state index < -0.39 is 0 Å². The van der Waals surface area contributed by atoms with Crippen LogP contribution in [0.5, 0.6) is 0 Å². The highest BCUT2D eigenvalue weighted by Gasteiger charge is 2.33. The molecule has 0 aromatic rings. The normalized spacial score (nSPS) is 20.6. The molecule has 0 aromatic heterocycles. The summed E-state index contributed by atoms with van der Waals surface area (Å²) in [4.78, 5) is 2.38. The van der Waals surface area contributed by atoms with Crippen LogP contribution in [-0.2, 0) is 4.74 Å². The molecular weight excluding hydrogens is 194 g/mol. The predicted octanol–water partition coefficient (Wildman–Crippen LogP) is 2.05. The van der Waals surface area contributed by atoms with Crippen molar-refractivity contribution in [3.8, 4) is 0 Å². The predicted molar refractivity (Wildman–Crippen MR) is 64.1 cm³/mol. The second kappa shape index (κ2) is 5.99. The van der Waals surface area contributed by atoms with Gasteiger partial charge in [0.1, 0.15) is 0 Å². The fraction of sp³-hybridized carbons (Fsp3) is 1.00. The molecule has 0 amide bonds. The minimum absolute atomic E-state index is 0.492. The molecule has 1 rings (SSSR count). The summed E-state index contributed by atoms with van der Waals surface area (Å²) in [6, 6.07) is 0. The summed E-state index contributed by atoms with van der Waals surface area (Å²) >= 11 is 4.51. The zero-order valence-corrected chi connectivity index (χ0v) is 10.4. The summed E-state index contributed by atoms with van der Waals surface area (Å²) in [5, 5.41) is 0. The molecule has 3 heteroatoms. The molecule has 84 valence electrons. The first-order valence-electron chi connectivity index (χ1n) is 5.51. The first-order valence-corrected chi connectivity index (χ1v) is 6.14. The van der Waals surface area contributed by atoms with Crippen LogP contribution >= 0.6 is 12.6 Å². The second-order valence-corrected chi connectivity index (χ2v) is 4.91. The molecule has 0 spiro atoms. The summed E-state index contributed by atoms with van der Waals surface area (Å²) in [7, 11) is 3.94. The minimum Gasteiger partial charge on any atom is -0.383 e. The van der Waals surface area contributed by atoms with Crippen molar-refractivity contribution in [2.24, 2.45) is 5.41 Å². The molecule has 0 aliphatic heterocycles. The molecule has 0 saturated heterocycles. The van der Waals surface area contributed by atoms with Crippen molar-refractivity contribution in [1.82, 2.24) is 4.90 Å². The third-order valence-corrected chi connectivity index (χ3v) is 3.95. The second-order valence-electron chi connectivity index (χ2n) is 4.60. The molecule has 1 aliphatic carbocycles. The Morgan fingerprint density at radius 1 is 1.36 bits per heavy atom. The van der Waals surface area contributed by atoms with E-state index in [2.05, 4.69) is 24.6 Å². The Morgan fingerprint density at radius 2 is 2.00 bits per heavy atom. The van der Waals surface area contributed by atoms with Crippen molar-refractivity contribution in [3.05, 3.63) is 0 Å². The monoisotopic (exact) mass is 217 g/mol. The molecular formula is C11H23NOS. The highest BCUT2D eigenvalue weighted by molar-refractivity contribution is 7.80. The standard InChI is InChI=1S/C11H23NOS/c1-12(7-8-13-2)9-11(10-14)5-3-4-6-11/h14H,3-10H2,1-2H3. The Hall–Kier alpha value is 0.270. The lowest BCUT2D eigenvalue weighted by Gasteiger charge is -2.32. The summed E-state index contributed by atoms with van der Waals surface area (Å²) < 4.78 is 5.08. The third kappa shape index (κ3) is 3.44. The van der Waals surface area contributed by atoms with Gasteiger partial charge in [-0.15, -0.1) is 0 Å². The van der Waals surface area contributed by atoms with Crippen molar-refractivity contribution in [2.75, 3.05) is 39.6 Å². The van der Waals surface area contributed by atoms with Crippen molar-refractivity contribution in [1.29, 1.82) is 0 Å². The van der Waals surface area contributed by atoms with E-state index in [-0.39, 0.29) is 0 Å².